The van der Waals surface area contributed by atoms with Gasteiger partial charge in [-0.2, -0.15) is 0 Å². The maximum atomic E-state index is 10.4. The molecule has 4 nitrogen and oxygen atoms in total. The van der Waals surface area contributed by atoms with Gasteiger partial charge in [-0.25, -0.2) is 0 Å². The topological polar surface area (TPSA) is 57.3 Å². The summed E-state index contributed by atoms with van der Waals surface area (Å²) in [6.07, 6.45) is 1.36. The van der Waals surface area contributed by atoms with E-state index in [1.807, 2.05) is 24.3 Å². The molecule has 0 atom stereocenters. The Morgan fingerprint density at radius 3 is 2.80 bits per heavy atom. The van der Waals surface area contributed by atoms with E-state index in [9.17, 15) is 5.11 Å². The number of hydrogen-bond acceptors (Lipinski definition) is 3. The van der Waals surface area contributed by atoms with Crippen molar-refractivity contribution >= 4 is 22.5 Å². The minimum Gasteiger partial charge on any atom is -0.388 e. The van der Waals surface area contributed by atoms with Gasteiger partial charge in [0.05, 0.1) is 10.6 Å². The third kappa shape index (κ3) is 2.83. The molecule has 1 aliphatic heterocycles. The van der Waals surface area contributed by atoms with Crippen molar-refractivity contribution in [2.24, 2.45) is 0 Å². The largest absolute Gasteiger partial charge is 0.388 e. The molecule has 1 aliphatic rings. The lowest BCUT2D eigenvalue weighted by molar-refractivity contribution is -0.0617. The average molecular weight is 295 g/mol. The maximum absolute atomic E-state index is 10.4. The first-order valence-electron chi connectivity index (χ1n) is 6.94. The fourth-order valence-electron chi connectivity index (χ4n) is 2.63. The van der Waals surface area contributed by atoms with Gasteiger partial charge in [-0.3, -0.25) is 0 Å². The number of hydrogen-bond donors (Lipinski definition) is 3. The van der Waals surface area contributed by atoms with Gasteiger partial charge in [-0.05, 0) is 6.07 Å². The quantitative estimate of drug-likeness (QED) is 0.812. The number of nitrogens with one attached hydrogen (secondary N) is 2. The highest BCUT2D eigenvalue weighted by molar-refractivity contribution is 6.36. The Labute approximate surface area is 123 Å². The van der Waals surface area contributed by atoms with Crippen LogP contribution in [0.3, 0.4) is 0 Å². The molecule has 1 aromatic heterocycles. The van der Waals surface area contributed by atoms with Crippen LogP contribution in [-0.4, -0.2) is 35.5 Å². The molecule has 1 saturated heterocycles. The minimum absolute atomic E-state index is 0.558. The Morgan fingerprint density at radius 1 is 1.30 bits per heavy atom. The number of para-hydroxylation sites is 1. The van der Waals surface area contributed by atoms with Crippen LogP contribution in [-0.2, 0) is 11.3 Å². The standard InChI is InChI=1S/C15H19ClN2O2/c16-14-11-3-1-2-4-12(11)18-13(14)9-17-10-15(19)5-7-20-8-6-15/h1-4,17-19H,5-10H2. The van der Waals surface area contributed by atoms with E-state index in [-0.39, 0.29) is 0 Å². The van der Waals surface area contributed by atoms with Crippen LogP contribution in [0.5, 0.6) is 0 Å². The Kier molecular flexibility index (Phi) is 3.98. The van der Waals surface area contributed by atoms with E-state index in [4.69, 9.17) is 16.3 Å². The molecule has 3 N–H and O–H groups in total. The van der Waals surface area contributed by atoms with Gasteiger partial charge in [0.2, 0.25) is 0 Å². The molecule has 0 radical (unpaired) electrons. The number of rotatable bonds is 4. The number of H-pyrrole nitrogens is 1. The number of aromatic nitrogens is 1. The number of halogens is 1. The molecule has 2 aromatic rings. The number of ether oxygens (including phenoxy) is 1. The molecule has 0 unspecified atom stereocenters. The van der Waals surface area contributed by atoms with Crippen molar-refractivity contribution in [3.63, 3.8) is 0 Å². The van der Waals surface area contributed by atoms with Crippen LogP contribution in [0.2, 0.25) is 5.02 Å². The molecular weight excluding hydrogens is 276 g/mol. The molecule has 0 aliphatic carbocycles. The van der Waals surface area contributed by atoms with Crippen LogP contribution in [0.25, 0.3) is 10.9 Å². The molecule has 2 heterocycles. The fraction of sp³-hybridized carbons (Fsp3) is 0.467. The van der Waals surface area contributed by atoms with Gasteiger partial charge >= 0.3 is 0 Å². The van der Waals surface area contributed by atoms with Crippen LogP contribution in [0.4, 0.5) is 0 Å². The summed E-state index contributed by atoms with van der Waals surface area (Å²) in [5, 5.41) is 15.5. The Morgan fingerprint density at radius 2 is 2.05 bits per heavy atom. The molecule has 0 bridgehead atoms. The number of benzene rings is 1. The summed E-state index contributed by atoms with van der Waals surface area (Å²) in [4.78, 5) is 3.31. The van der Waals surface area contributed by atoms with E-state index in [0.29, 0.717) is 39.1 Å². The zero-order valence-corrected chi connectivity index (χ0v) is 12.0. The highest BCUT2D eigenvalue weighted by Crippen LogP contribution is 2.27. The SMILES string of the molecule is OC1(CNCc2[nH]c3ccccc3c2Cl)CCOCC1. The zero-order chi connectivity index (χ0) is 14.0. The predicted molar refractivity (Wildman–Crippen MR) is 80.0 cm³/mol. The third-order valence-electron chi connectivity index (χ3n) is 3.89. The Hall–Kier alpha value is -1.07. The third-order valence-corrected chi connectivity index (χ3v) is 4.33. The van der Waals surface area contributed by atoms with Crippen LogP contribution in [0, 0.1) is 0 Å². The minimum atomic E-state index is -0.656. The molecular formula is C15H19ClN2O2. The van der Waals surface area contributed by atoms with Crippen molar-refractivity contribution < 1.29 is 9.84 Å². The van der Waals surface area contributed by atoms with Gasteiger partial charge in [-0.1, -0.05) is 29.8 Å². The summed E-state index contributed by atoms with van der Waals surface area (Å²) in [6, 6.07) is 7.97. The van der Waals surface area contributed by atoms with Gasteiger partial charge in [0, 0.05) is 55.7 Å². The van der Waals surface area contributed by atoms with Crippen LogP contribution >= 0.6 is 11.6 Å². The second-order valence-corrected chi connectivity index (χ2v) is 5.78. The molecule has 0 amide bonds. The molecule has 1 aromatic carbocycles. The van der Waals surface area contributed by atoms with Gasteiger partial charge in [0.25, 0.3) is 0 Å². The lowest BCUT2D eigenvalue weighted by atomic mass is 9.94. The molecule has 0 saturated carbocycles. The lowest BCUT2D eigenvalue weighted by Crippen LogP contribution is -2.44. The van der Waals surface area contributed by atoms with Crippen molar-refractivity contribution in [2.75, 3.05) is 19.8 Å². The van der Waals surface area contributed by atoms with E-state index in [2.05, 4.69) is 10.3 Å². The summed E-state index contributed by atoms with van der Waals surface area (Å²) < 4.78 is 5.27. The van der Waals surface area contributed by atoms with E-state index >= 15 is 0 Å². The lowest BCUT2D eigenvalue weighted by Gasteiger charge is -2.32. The van der Waals surface area contributed by atoms with E-state index in [1.165, 1.54) is 0 Å². The highest BCUT2D eigenvalue weighted by atomic mass is 35.5. The van der Waals surface area contributed by atoms with Crippen molar-refractivity contribution in [1.82, 2.24) is 10.3 Å². The van der Waals surface area contributed by atoms with Crippen molar-refractivity contribution in [2.45, 2.75) is 25.0 Å². The molecule has 20 heavy (non-hydrogen) atoms. The van der Waals surface area contributed by atoms with E-state index < -0.39 is 5.60 Å². The summed E-state index contributed by atoms with van der Waals surface area (Å²) in [7, 11) is 0. The fourth-order valence-corrected chi connectivity index (χ4v) is 2.91. The maximum Gasteiger partial charge on any atom is 0.0815 e. The number of aliphatic hydroxyl groups is 1. The molecule has 1 fully saturated rings. The first kappa shape index (κ1) is 13.9. The molecule has 0 spiro atoms. The number of aromatic amines is 1. The Bertz CT molecular complexity index is 591. The van der Waals surface area contributed by atoms with E-state index in [1.54, 1.807) is 0 Å². The normalized spacial score (nSPS) is 18.5. The van der Waals surface area contributed by atoms with Crippen molar-refractivity contribution in [1.29, 1.82) is 0 Å². The van der Waals surface area contributed by atoms with Crippen LogP contribution < -0.4 is 5.32 Å². The van der Waals surface area contributed by atoms with Gasteiger partial charge < -0.3 is 20.1 Å². The molecule has 108 valence electrons. The zero-order valence-electron chi connectivity index (χ0n) is 11.3. The van der Waals surface area contributed by atoms with Gasteiger partial charge in [-0.15, -0.1) is 0 Å². The number of fused-ring (bicyclic) bond motifs is 1. The summed E-state index contributed by atoms with van der Waals surface area (Å²) in [5.41, 5.74) is 1.35. The van der Waals surface area contributed by atoms with Gasteiger partial charge in [0.1, 0.15) is 0 Å². The smallest absolute Gasteiger partial charge is 0.0815 e. The predicted octanol–water partition coefficient (Wildman–Crippen LogP) is 2.45. The Balaban J connectivity index is 1.63. The summed E-state index contributed by atoms with van der Waals surface area (Å²) >= 11 is 6.36. The van der Waals surface area contributed by atoms with Gasteiger partial charge in [0.15, 0.2) is 0 Å². The summed E-state index contributed by atoms with van der Waals surface area (Å²) in [5.74, 6) is 0. The highest BCUT2D eigenvalue weighted by Gasteiger charge is 2.29. The first-order chi connectivity index (χ1) is 9.68. The van der Waals surface area contributed by atoms with E-state index in [0.717, 1.165) is 21.6 Å². The first-order valence-corrected chi connectivity index (χ1v) is 7.32. The second kappa shape index (κ2) is 5.74. The second-order valence-electron chi connectivity index (χ2n) is 5.40. The molecule has 3 rings (SSSR count). The van der Waals surface area contributed by atoms with Crippen LogP contribution in [0.15, 0.2) is 24.3 Å². The average Bonchev–Trinajstić information content (AvgIpc) is 2.77. The molecule has 5 heteroatoms. The van der Waals surface area contributed by atoms with Crippen LogP contribution in [0.1, 0.15) is 18.5 Å². The summed E-state index contributed by atoms with van der Waals surface area (Å²) in [6.45, 7) is 2.44. The van der Waals surface area contributed by atoms with Crippen molar-refractivity contribution in [3.8, 4) is 0 Å². The monoisotopic (exact) mass is 294 g/mol. The van der Waals surface area contributed by atoms with Crippen molar-refractivity contribution in [3.05, 3.63) is 35.0 Å².